The van der Waals surface area contributed by atoms with Gasteiger partial charge in [0.15, 0.2) is 5.69 Å². The number of alkyl halides is 3. The van der Waals surface area contributed by atoms with Gasteiger partial charge in [-0.15, -0.1) is 11.3 Å². The minimum absolute atomic E-state index is 0.141. The highest BCUT2D eigenvalue weighted by Gasteiger charge is 2.38. The zero-order chi connectivity index (χ0) is 14.8. The molecule has 1 aliphatic heterocycles. The SMILES string of the molecule is CC(C)NCc1sc(C2CCCCS2)nc1C(F)(F)F. The fourth-order valence-electron chi connectivity index (χ4n) is 2.08. The van der Waals surface area contributed by atoms with Gasteiger partial charge in [-0.2, -0.15) is 24.9 Å². The average molecular weight is 324 g/mol. The first-order valence-electron chi connectivity index (χ1n) is 6.79. The fraction of sp³-hybridized carbons (Fsp3) is 0.769. The van der Waals surface area contributed by atoms with Gasteiger partial charge in [0, 0.05) is 12.6 Å². The molecule has 20 heavy (non-hydrogen) atoms. The molecule has 1 aromatic rings. The summed E-state index contributed by atoms with van der Waals surface area (Å²) in [5.74, 6) is 1.02. The molecule has 1 saturated heterocycles. The smallest absolute Gasteiger partial charge is 0.310 e. The van der Waals surface area contributed by atoms with Gasteiger partial charge in [0.2, 0.25) is 0 Å². The highest BCUT2D eigenvalue weighted by Crippen LogP contribution is 2.43. The van der Waals surface area contributed by atoms with E-state index in [0.29, 0.717) is 9.88 Å². The molecule has 114 valence electrons. The molecule has 1 atom stereocenters. The van der Waals surface area contributed by atoms with Crippen LogP contribution in [-0.4, -0.2) is 16.8 Å². The van der Waals surface area contributed by atoms with Crippen LogP contribution in [0.25, 0.3) is 0 Å². The molecule has 0 spiro atoms. The maximum Gasteiger partial charge on any atom is 0.434 e. The van der Waals surface area contributed by atoms with E-state index in [1.165, 1.54) is 11.3 Å². The molecule has 0 radical (unpaired) electrons. The van der Waals surface area contributed by atoms with E-state index in [9.17, 15) is 13.2 Å². The second-order valence-corrected chi connectivity index (χ2v) is 7.64. The molecular formula is C13H19F3N2S2. The van der Waals surface area contributed by atoms with Crippen molar-refractivity contribution < 1.29 is 13.2 Å². The number of hydrogen-bond donors (Lipinski definition) is 1. The van der Waals surface area contributed by atoms with Crippen LogP contribution < -0.4 is 5.32 Å². The molecule has 0 amide bonds. The number of aromatic nitrogens is 1. The molecule has 0 aliphatic carbocycles. The summed E-state index contributed by atoms with van der Waals surface area (Å²) in [4.78, 5) is 4.23. The fourth-order valence-corrected chi connectivity index (χ4v) is 4.67. The maximum absolute atomic E-state index is 13.1. The molecule has 1 aromatic heterocycles. The van der Waals surface area contributed by atoms with Crippen LogP contribution >= 0.6 is 23.1 Å². The Hall–Kier alpha value is -0.270. The summed E-state index contributed by atoms with van der Waals surface area (Å²) in [5, 5.41) is 3.84. The Morgan fingerprint density at radius 1 is 1.35 bits per heavy atom. The van der Waals surface area contributed by atoms with Crippen molar-refractivity contribution >= 4 is 23.1 Å². The van der Waals surface area contributed by atoms with Crippen molar-refractivity contribution in [2.75, 3.05) is 5.75 Å². The van der Waals surface area contributed by atoms with Gasteiger partial charge in [0.05, 0.1) is 10.1 Å². The van der Waals surface area contributed by atoms with E-state index in [1.807, 2.05) is 13.8 Å². The van der Waals surface area contributed by atoms with E-state index in [0.717, 1.165) is 25.0 Å². The van der Waals surface area contributed by atoms with Crippen LogP contribution in [-0.2, 0) is 12.7 Å². The lowest BCUT2D eigenvalue weighted by molar-refractivity contribution is -0.141. The van der Waals surface area contributed by atoms with Gasteiger partial charge >= 0.3 is 6.18 Å². The Morgan fingerprint density at radius 3 is 2.65 bits per heavy atom. The molecule has 1 fully saturated rings. The molecule has 7 heteroatoms. The Morgan fingerprint density at radius 2 is 2.10 bits per heavy atom. The number of thioether (sulfide) groups is 1. The summed E-state index contributed by atoms with van der Waals surface area (Å²) in [6, 6.07) is 0.158. The van der Waals surface area contributed by atoms with Crippen molar-refractivity contribution in [2.24, 2.45) is 0 Å². The predicted molar refractivity (Wildman–Crippen MR) is 78.1 cm³/mol. The van der Waals surface area contributed by atoms with Crippen LogP contribution in [0.4, 0.5) is 13.2 Å². The molecule has 1 aliphatic rings. The normalized spacial score (nSPS) is 20.6. The first-order valence-corrected chi connectivity index (χ1v) is 8.66. The largest absolute Gasteiger partial charge is 0.434 e. The molecule has 0 aromatic carbocycles. The molecule has 2 heterocycles. The number of nitrogens with zero attached hydrogens (tertiary/aromatic N) is 1. The Bertz CT molecular complexity index is 437. The number of thiazole rings is 1. The summed E-state index contributed by atoms with van der Waals surface area (Å²) in [5.41, 5.74) is -0.697. The van der Waals surface area contributed by atoms with Crippen molar-refractivity contribution in [3.05, 3.63) is 15.6 Å². The maximum atomic E-state index is 13.1. The molecule has 2 nitrogen and oxygen atoms in total. The van der Waals surface area contributed by atoms with E-state index >= 15 is 0 Å². The van der Waals surface area contributed by atoms with E-state index in [4.69, 9.17) is 0 Å². The Balaban J connectivity index is 2.21. The van der Waals surface area contributed by atoms with Crippen molar-refractivity contribution in [1.29, 1.82) is 0 Å². The van der Waals surface area contributed by atoms with Crippen LogP contribution in [0, 0.1) is 0 Å². The second kappa shape index (κ2) is 6.66. The lowest BCUT2D eigenvalue weighted by atomic mass is 10.2. The van der Waals surface area contributed by atoms with E-state index in [-0.39, 0.29) is 17.8 Å². The van der Waals surface area contributed by atoms with Crippen LogP contribution in [0.1, 0.15) is 53.9 Å². The number of halogens is 3. The molecule has 0 bridgehead atoms. The summed E-state index contributed by atoms with van der Waals surface area (Å²) in [7, 11) is 0. The van der Waals surface area contributed by atoms with Crippen LogP contribution in [0.3, 0.4) is 0 Å². The summed E-state index contributed by atoms with van der Waals surface area (Å²) >= 11 is 2.95. The standard InChI is InChI=1S/C13H19F3N2S2/c1-8(2)17-7-10-11(13(14,15)16)18-12(20-10)9-5-3-4-6-19-9/h8-9,17H,3-7H2,1-2H3. The number of nitrogens with one attached hydrogen (secondary N) is 1. The average Bonchev–Trinajstić information content (AvgIpc) is 2.81. The van der Waals surface area contributed by atoms with Crippen LogP contribution in [0.2, 0.25) is 0 Å². The Labute approximate surface area is 125 Å². The van der Waals surface area contributed by atoms with Crippen LogP contribution in [0.15, 0.2) is 0 Å². The lowest BCUT2D eigenvalue weighted by Crippen LogP contribution is -2.23. The third-order valence-electron chi connectivity index (χ3n) is 3.11. The Kier molecular flexibility index (Phi) is 5.36. The monoisotopic (exact) mass is 324 g/mol. The quantitative estimate of drug-likeness (QED) is 0.875. The first-order chi connectivity index (χ1) is 9.38. The lowest BCUT2D eigenvalue weighted by Gasteiger charge is -2.18. The van der Waals surface area contributed by atoms with Gasteiger partial charge in [-0.1, -0.05) is 20.3 Å². The topological polar surface area (TPSA) is 24.9 Å². The number of hydrogen-bond acceptors (Lipinski definition) is 4. The molecule has 1 unspecified atom stereocenters. The minimum Gasteiger partial charge on any atom is -0.310 e. The van der Waals surface area contributed by atoms with Gasteiger partial charge in [0.25, 0.3) is 0 Å². The molecular weight excluding hydrogens is 305 g/mol. The van der Waals surface area contributed by atoms with Gasteiger partial charge in [-0.05, 0) is 18.6 Å². The highest BCUT2D eigenvalue weighted by atomic mass is 32.2. The molecule has 0 saturated carbocycles. The third-order valence-corrected chi connectivity index (χ3v) is 5.81. The van der Waals surface area contributed by atoms with Crippen molar-refractivity contribution in [3.8, 4) is 0 Å². The first kappa shape index (κ1) is 16.1. The van der Waals surface area contributed by atoms with Gasteiger partial charge < -0.3 is 5.32 Å². The minimum atomic E-state index is -4.36. The zero-order valence-electron chi connectivity index (χ0n) is 11.6. The van der Waals surface area contributed by atoms with Gasteiger partial charge in [-0.25, -0.2) is 4.98 Å². The summed E-state index contributed by atoms with van der Waals surface area (Å²) in [6.07, 6.45) is -1.19. The third kappa shape index (κ3) is 4.11. The molecule has 2 rings (SSSR count). The van der Waals surface area contributed by atoms with Gasteiger partial charge in [-0.3, -0.25) is 0 Å². The van der Waals surface area contributed by atoms with Crippen molar-refractivity contribution in [1.82, 2.24) is 10.3 Å². The highest BCUT2D eigenvalue weighted by molar-refractivity contribution is 7.99. The van der Waals surface area contributed by atoms with Crippen molar-refractivity contribution in [3.63, 3.8) is 0 Å². The van der Waals surface area contributed by atoms with E-state index < -0.39 is 11.9 Å². The van der Waals surface area contributed by atoms with Crippen molar-refractivity contribution in [2.45, 2.75) is 57.1 Å². The summed E-state index contributed by atoms with van der Waals surface area (Å²) < 4.78 is 39.2. The van der Waals surface area contributed by atoms with Crippen LogP contribution in [0.5, 0.6) is 0 Å². The molecule has 1 N–H and O–H groups in total. The van der Waals surface area contributed by atoms with E-state index in [2.05, 4.69) is 10.3 Å². The zero-order valence-corrected chi connectivity index (χ0v) is 13.2. The second-order valence-electron chi connectivity index (χ2n) is 5.21. The predicted octanol–water partition coefficient (Wildman–Crippen LogP) is 4.62. The van der Waals surface area contributed by atoms with E-state index in [1.54, 1.807) is 11.8 Å². The number of rotatable bonds is 4. The summed E-state index contributed by atoms with van der Waals surface area (Å²) in [6.45, 7) is 4.08. The van der Waals surface area contributed by atoms with Gasteiger partial charge in [0.1, 0.15) is 5.01 Å².